The van der Waals surface area contributed by atoms with E-state index >= 15 is 0 Å². The number of carbonyl (C=O) groups is 1. The summed E-state index contributed by atoms with van der Waals surface area (Å²) < 4.78 is 47.5. The summed E-state index contributed by atoms with van der Waals surface area (Å²) in [5, 5.41) is 3.16. The van der Waals surface area contributed by atoms with Gasteiger partial charge in [-0.1, -0.05) is 12.1 Å². The summed E-state index contributed by atoms with van der Waals surface area (Å²) >= 11 is 0. The molecule has 9 heteroatoms. The van der Waals surface area contributed by atoms with Crippen LogP contribution in [-0.2, 0) is 16.1 Å². The van der Waals surface area contributed by atoms with Crippen molar-refractivity contribution in [3.05, 3.63) is 28.8 Å². The smallest absolute Gasteiger partial charge is 0.422 e. The monoisotopic (exact) mass is 410 g/mol. The second-order valence-corrected chi connectivity index (χ2v) is 6.66. The van der Waals surface area contributed by atoms with E-state index in [4.69, 9.17) is 9.47 Å². The Bertz CT molecular complexity index is 632. The van der Waals surface area contributed by atoms with Gasteiger partial charge in [-0.15, -0.1) is 12.4 Å². The summed E-state index contributed by atoms with van der Waals surface area (Å²) in [7, 11) is 1.70. The molecule has 1 saturated heterocycles. The molecule has 1 aromatic rings. The normalized spacial score (nSPS) is 20.0. The maximum absolute atomic E-state index is 12.6. The van der Waals surface area contributed by atoms with Gasteiger partial charge in [-0.05, 0) is 37.5 Å². The third kappa shape index (κ3) is 6.55. The fraction of sp³-hybridized carbons (Fsp3) is 0.611. The van der Waals surface area contributed by atoms with E-state index in [0.29, 0.717) is 30.8 Å². The van der Waals surface area contributed by atoms with Gasteiger partial charge in [-0.3, -0.25) is 4.79 Å². The van der Waals surface area contributed by atoms with Crippen LogP contribution >= 0.6 is 12.4 Å². The SMILES string of the molecule is Cc1cc(CN(C)C(=O)[C@H]2NCCO[C@@H]2C)cc(C)c1OCC(F)(F)F.Cl. The van der Waals surface area contributed by atoms with Crippen molar-refractivity contribution in [2.24, 2.45) is 0 Å². The van der Waals surface area contributed by atoms with E-state index in [1.54, 1.807) is 37.9 Å². The van der Waals surface area contributed by atoms with Crippen molar-refractivity contribution in [2.75, 3.05) is 26.8 Å². The lowest BCUT2D eigenvalue weighted by Crippen LogP contribution is -2.55. The maximum atomic E-state index is 12.6. The van der Waals surface area contributed by atoms with E-state index in [1.807, 2.05) is 6.92 Å². The molecule has 1 amide bonds. The number of rotatable bonds is 5. The average molecular weight is 411 g/mol. The summed E-state index contributed by atoms with van der Waals surface area (Å²) in [5.41, 5.74) is 2.05. The predicted octanol–water partition coefficient (Wildman–Crippen LogP) is 3.00. The van der Waals surface area contributed by atoms with Crippen LogP contribution in [0.25, 0.3) is 0 Å². The number of amides is 1. The zero-order valence-electron chi connectivity index (χ0n) is 15.9. The second-order valence-electron chi connectivity index (χ2n) is 6.66. The van der Waals surface area contributed by atoms with Gasteiger partial charge in [0.2, 0.25) is 5.91 Å². The number of morpholine rings is 1. The Hall–Kier alpha value is -1.51. The topological polar surface area (TPSA) is 50.8 Å². The minimum atomic E-state index is -4.38. The van der Waals surface area contributed by atoms with E-state index in [9.17, 15) is 18.0 Å². The van der Waals surface area contributed by atoms with Crippen molar-refractivity contribution in [2.45, 2.75) is 45.6 Å². The van der Waals surface area contributed by atoms with Gasteiger partial charge in [0.05, 0.1) is 12.7 Å². The van der Waals surface area contributed by atoms with Crippen molar-refractivity contribution < 1.29 is 27.4 Å². The van der Waals surface area contributed by atoms with Gasteiger partial charge >= 0.3 is 6.18 Å². The van der Waals surface area contributed by atoms with E-state index in [0.717, 1.165) is 5.56 Å². The minimum Gasteiger partial charge on any atom is -0.484 e. The highest BCUT2D eigenvalue weighted by Crippen LogP contribution is 2.27. The number of nitrogens with one attached hydrogen (secondary N) is 1. The molecule has 2 rings (SSSR count). The Labute approximate surface area is 163 Å². The Kier molecular flexibility index (Phi) is 8.38. The summed E-state index contributed by atoms with van der Waals surface area (Å²) in [4.78, 5) is 14.2. The molecule has 1 N–H and O–H groups in total. The first kappa shape index (κ1) is 23.5. The standard InChI is InChI=1S/C18H25F3N2O3.ClH/c1-11-7-14(8-12(2)16(11)26-10-18(19,20)21)9-23(4)17(24)15-13(3)25-6-5-22-15;/h7-8,13,15,22H,5-6,9-10H2,1-4H3;1H/t13-,15+;/m1./s1. The zero-order valence-corrected chi connectivity index (χ0v) is 16.7. The van der Waals surface area contributed by atoms with Crippen LogP contribution in [0.4, 0.5) is 13.2 Å². The average Bonchev–Trinajstić information content (AvgIpc) is 2.52. The van der Waals surface area contributed by atoms with E-state index in [-0.39, 0.29) is 30.2 Å². The second kappa shape index (κ2) is 9.61. The summed E-state index contributed by atoms with van der Waals surface area (Å²) in [6, 6.07) is 3.10. The van der Waals surface area contributed by atoms with Crippen LogP contribution < -0.4 is 10.1 Å². The molecule has 1 heterocycles. The number of hydrogen-bond donors (Lipinski definition) is 1. The molecule has 0 saturated carbocycles. The summed E-state index contributed by atoms with van der Waals surface area (Å²) in [6.07, 6.45) is -4.59. The Morgan fingerprint density at radius 1 is 1.33 bits per heavy atom. The van der Waals surface area contributed by atoms with Gasteiger partial charge < -0.3 is 19.7 Å². The molecule has 1 aliphatic rings. The zero-order chi connectivity index (χ0) is 19.5. The molecule has 0 spiro atoms. The van der Waals surface area contributed by atoms with Gasteiger partial charge in [-0.2, -0.15) is 13.2 Å². The number of carbonyl (C=O) groups excluding carboxylic acids is 1. The van der Waals surface area contributed by atoms with Crippen LogP contribution in [0.3, 0.4) is 0 Å². The fourth-order valence-corrected chi connectivity index (χ4v) is 3.11. The number of alkyl halides is 3. The van der Waals surface area contributed by atoms with Crippen LogP contribution in [0.5, 0.6) is 5.75 Å². The molecule has 1 fully saturated rings. The maximum Gasteiger partial charge on any atom is 0.422 e. The summed E-state index contributed by atoms with van der Waals surface area (Å²) in [6.45, 7) is 5.47. The number of aryl methyl sites for hydroxylation is 2. The molecule has 0 unspecified atom stereocenters. The number of benzene rings is 1. The quantitative estimate of drug-likeness (QED) is 0.810. The highest BCUT2D eigenvalue weighted by Gasteiger charge is 2.31. The van der Waals surface area contributed by atoms with Crippen molar-refractivity contribution in [1.82, 2.24) is 10.2 Å². The van der Waals surface area contributed by atoms with E-state index in [1.165, 1.54) is 0 Å². The molecule has 1 aliphatic heterocycles. The van der Waals surface area contributed by atoms with Crippen LogP contribution in [0.2, 0.25) is 0 Å². The molecule has 1 aromatic carbocycles. The number of likely N-dealkylation sites (N-methyl/N-ethyl adjacent to an activating group) is 1. The van der Waals surface area contributed by atoms with Crippen molar-refractivity contribution in [1.29, 1.82) is 0 Å². The molecule has 0 aromatic heterocycles. The van der Waals surface area contributed by atoms with E-state index < -0.39 is 18.8 Å². The predicted molar refractivity (Wildman–Crippen MR) is 98.4 cm³/mol. The number of halogens is 4. The van der Waals surface area contributed by atoms with Crippen LogP contribution in [0.15, 0.2) is 12.1 Å². The van der Waals surface area contributed by atoms with Crippen LogP contribution in [0, 0.1) is 13.8 Å². The first-order valence-corrected chi connectivity index (χ1v) is 8.48. The Balaban J connectivity index is 0.00000364. The number of ether oxygens (including phenoxy) is 2. The van der Waals surface area contributed by atoms with Gasteiger partial charge in [0.15, 0.2) is 6.61 Å². The van der Waals surface area contributed by atoms with Gasteiger partial charge in [-0.25, -0.2) is 0 Å². The highest BCUT2D eigenvalue weighted by atomic mass is 35.5. The molecule has 2 atom stereocenters. The van der Waals surface area contributed by atoms with Gasteiger partial charge in [0.25, 0.3) is 0 Å². The Morgan fingerprint density at radius 3 is 2.44 bits per heavy atom. The van der Waals surface area contributed by atoms with Crippen molar-refractivity contribution in [3.8, 4) is 5.75 Å². The molecular weight excluding hydrogens is 385 g/mol. The lowest BCUT2D eigenvalue weighted by Gasteiger charge is -2.32. The number of hydrogen-bond acceptors (Lipinski definition) is 4. The van der Waals surface area contributed by atoms with Gasteiger partial charge in [0, 0.05) is 20.1 Å². The molecule has 0 radical (unpaired) electrons. The van der Waals surface area contributed by atoms with Crippen LogP contribution in [-0.4, -0.2) is 55.9 Å². The minimum absolute atomic E-state index is 0. The third-order valence-corrected chi connectivity index (χ3v) is 4.28. The van der Waals surface area contributed by atoms with Crippen LogP contribution in [0.1, 0.15) is 23.6 Å². The first-order valence-electron chi connectivity index (χ1n) is 8.48. The third-order valence-electron chi connectivity index (χ3n) is 4.28. The lowest BCUT2D eigenvalue weighted by atomic mass is 10.0. The molecule has 0 aliphatic carbocycles. The Morgan fingerprint density at radius 2 is 1.93 bits per heavy atom. The lowest BCUT2D eigenvalue weighted by molar-refractivity contribution is -0.153. The molecule has 154 valence electrons. The molecule has 5 nitrogen and oxygen atoms in total. The van der Waals surface area contributed by atoms with E-state index in [2.05, 4.69) is 5.32 Å². The fourth-order valence-electron chi connectivity index (χ4n) is 3.11. The molecular formula is C18H26ClF3N2O3. The van der Waals surface area contributed by atoms with Crippen molar-refractivity contribution >= 4 is 18.3 Å². The molecule has 27 heavy (non-hydrogen) atoms. The molecule has 0 bridgehead atoms. The first-order chi connectivity index (χ1) is 12.1. The largest absolute Gasteiger partial charge is 0.484 e. The summed E-state index contributed by atoms with van der Waals surface area (Å²) in [5.74, 6) is 0.154. The van der Waals surface area contributed by atoms with Crippen molar-refractivity contribution in [3.63, 3.8) is 0 Å². The van der Waals surface area contributed by atoms with Gasteiger partial charge in [0.1, 0.15) is 11.8 Å². The highest BCUT2D eigenvalue weighted by molar-refractivity contribution is 5.85. The number of nitrogens with zero attached hydrogens (tertiary/aromatic N) is 1.